The largest absolute Gasteiger partial charge is 0.465 e. The first-order valence-electron chi connectivity index (χ1n) is 13.4. The smallest absolute Gasteiger partial charge is 0.407 e. The Morgan fingerprint density at radius 1 is 1.14 bits per heavy atom. The molecular formula is C27H45N3O5S. The van der Waals surface area contributed by atoms with Crippen molar-refractivity contribution in [1.29, 1.82) is 0 Å². The third kappa shape index (κ3) is 7.13. The van der Waals surface area contributed by atoms with E-state index in [1.807, 2.05) is 27.7 Å². The van der Waals surface area contributed by atoms with Gasteiger partial charge in [0, 0.05) is 56.2 Å². The number of likely N-dealkylation sites (tertiary alicyclic amines) is 1. The van der Waals surface area contributed by atoms with Crippen molar-refractivity contribution in [2.75, 3.05) is 44.8 Å². The van der Waals surface area contributed by atoms with Crippen molar-refractivity contribution in [2.24, 2.45) is 0 Å². The van der Waals surface area contributed by atoms with E-state index in [4.69, 9.17) is 14.2 Å². The van der Waals surface area contributed by atoms with Gasteiger partial charge in [-0.05, 0) is 72.8 Å². The number of hydrogen-bond donors (Lipinski definition) is 1. The highest BCUT2D eigenvalue weighted by atomic mass is 32.1. The number of thiophene rings is 1. The summed E-state index contributed by atoms with van der Waals surface area (Å²) < 4.78 is 16.2. The van der Waals surface area contributed by atoms with Gasteiger partial charge < -0.3 is 24.4 Å². The first-order chi connectivity index (χ1) is 17.1. The summed E-state index contributed by atoms with van der Waals surface area (Å²) in [7, 11) is 1.42. The molecule has 1 aliphatic heterocycles. The third-order valence-corrected chi connectivity index (χ3v) is 8.50. The van der Waals surface area contributed by atoms with Crippen molar-refractivity contribution in [2.45, 2.75) is 97.4 Å². The minimum absolute atomic E-state index is 0.316. The number of alkyl carbamates (subject to hydrolysis) is 1. The number of methoxy groups -OCH3 is 1. The first kappa shape index (κ1) is 28.7. The van der Waals surface area contributed by atoms with Gasteiger partial charge in [0.05, 0.1) is 23.8 Å². The van der Waals surface area contributed by atoms with E-state index in [9.17, 15) is 9.59 Å². The summed E-state index contributed by atoms with van der Waals surface area (Å²) in [5, 5.41) is 3.96. The highest BCUT2D eigenvalue weighted by Crippen LogP contribution is 2.40. The van der Waals surface area contributed by atoms with E-state index in [1.165, 1.54) is 20.0 Å². The van der Waals surface area contributed by atoms with Crippen molar-refractivity contribution in [3.63, 3.8) is 0 Å². The lowest BCUT2D eigenvalue weighted by atomic mass is 9.87. The molecule has 1 amide bonds. The molecule has 1 aliphatic carbocycles. The molecule has 1 saturated heterocycles. The van der Waals surface area contributed by atoms with Crippen molar-refractivity contribution in [3.8, 4) is 0 Å². The summed E-state index contributed by atoms with van der Waals surface area (Å²) in [6.07, 6.45) is 5.20. The van der Waals surface area contributed by atoms with Gasteiger partial charge >= 0.3 is 12.1 Å². The van der Waals surface area contributed by atoms with Crippen molar-refractivity contribution in [1.82, 2.24) is 10.2 Å². The van der Waals surface area contributed by atoms with Gasteiger partial charge in [0.25, 0.3) is 0 Å². The lowest BCUT2D eigenvalue weighted by Crippen LogP contribution is -2.57. The SMILES string of the molecule is CCOC1CN([C@H]2CC[C@H](N(CC)c3sc(CCNC(=O)OC(C)(C)C)c(C(=O)OC)c3C)CC2)C1. The Kier molecular flexibility index (Phi) is 10.1. The Morgan fingerprint density at radius 2 is 1.81 bits per heavy atom. The van der Waals surface area contributed by atoms with Gasteiger partial charge in [-0.25, -0.2) is 9.59 Å². The van der Waals surface area contributed by atoms with Crippen LogP contribution in [0.4, 0.5) is 9.80 Å². The zero-order valence-electron chi connectivity index (χ0n) is 23.1. The molecule has 1 aromatic rings. The molecule has 0 atom stereocenters. The predicted octanol–water partition coefficient (Wildman–Crippen LogP) is 4.77. The monoisotopic (exact) mass is 523 g/mol. The second-order valence-corrected chi connectivity index (χ2v) is 11.9. The van der Waals surface area contributed by atoms with Crippen molar-refractivity contribution >= 4 is 28.4 Å². The number of nitrogens with zero attached hydrogens (tertiary/aromatic N) is 2. The fourth-order valence-electron chi connectivity index (χ4n) is 5.38. The number of carbonyl (C=O) groups excluding carboxylic acids is 2. The number of carbonyl (C=O) groups is 2. The summed E-state index contributed by atoms with van der Waals surface area (Å²) >= 11 is 1.66. The standard InChI is InChI=1S/C27H45N3O5S/c1-8-30(20-12-10-19(11-13-20)29-16-21(17-29)34-9-2)24-18(3)23(25(31)33-7)22(36-24)14-15-28-26(32)35-27(4,5)6/h19-21H,8-17H2,1-7H3,(H,28,32)/t19-,20-. The molecule has 2 fully saturated rings. The van der Waals surface area contributed by atoms with E-state index in [2.05, 4.69) is 29.0 Å². The van der Waals surface area contributed by atoms with E-state index < -0.39 is 11.7 Å². The van der Waals surface area contributed by atoms with Gasteiger partial charge in [-0.3, -0.25) is 4.90 Å². The van der Waals surface area contributed by atoms with E-state index in [1.54, 1.807) is 11.3 Å². The van der Waals surface area contributed by atoms with Crippen LogP contribution in [0, 0.1) is 6.92 Å². The second kappa shape index (κ2) is 12.6. The number of amides is 1. The fourth-order valence-corrected chi connectivity index (χ4v) is 6.81. The van der Waals surface area contributed by atoms with Gasteiger partial charge in [-0.15, -0.1) is 11.3 Å². The predicted molar refractivity (Wildman–Crippen MR) is 144 cm³/mol. The number of ether oxygens (including phenoxy) is 3. The average molecular weight is 524 g/mol. The van der Waals surface area contributed by atoms with Crippen LogP contribution in [0.3, 0.4) is 0 Å². The quantitative estimate of drug-likeness (QED) is 0.443. The maximum absolute atomic E-state index is 12.7. The molecule has 9 heteroatoms. The van der Waals surface area contributed by atoms with Gasteiger partial charge in [0.2, 0.25) is 0 Å². The van der Waals surface area contributed by atoms with Crippen molar-refractivity contribution < 1.29 is 23.8 Å². The highest BCUT2D eigenvalue weighted by Gasteiger charge is 2.36. The van der Waals surface area contributed by atoms with Crippen LogP contribution in [0.15, 0.2) is 0 Å². The van der Waals surface area contributed by atoms with Crippen LogP contribution in [0.25, 0.3) is 0 Å². The lowest BCUT2D eigenvalue weighted by molar-refractivity contribution is -0.0738. The minimum Gasteiger partial charge on any atom is -0.465 e. The molecule has 8 nitrogen and oxygen atoms in total. The molecule has 204 valence electrons. The van der Waals surface area contributed by atoms with E-state index >= 15 is 0 Å². The Hall–Kier alpha value is -1.84. The molecule has 2 aliphatic rings. The molecule has 1 N–H and O–H groups in total. The molecule has 0 radical (unpaired) electrons. The molecular weight excluding hydrogens is 478 g/mol. The summed E-state index contributed by atoms with van der Waals surface area (Å²) in [5.41, 5.74) is 1.07. The summed E-state index contributed by atoms with van der Waals surface area (Å²) in [4.78, 5) is 30.8. The molecule has 0 aromatic carbocycles. The summed E-state index contributed by atoms with van der Waals surface area (Å²) in [5.74, 6) is -0.316. The van der Waals surface area contributed by atoms with E-state index in [-0.39, 0.29) is 5.97 Å². The van der Waals surface area contributed by atoms with Crippen LogP contribution in [-0.2, 0) is 20.6 Å². The normalized spacial score (nSPS) is 21.1. The van der Waals surface area contributed by atoms with Crippen LogP contribution >= 0.6 is 11.3 Å². The molecule has 0 unspecified atom stereocenters. The molecule has 0 bridgehead atoms. The Balaban J connectivity index is 1.65. The molecule has 1 saturated carbocycles. The summed E-state index contributed by atoms with van der Waals surface area (Å²) in [6, 6.07) is 1.12. The maximum Gasteiger partial charge on any atom is 0.407 e. The number of anilines is 1. The van der Waals surface area contributed by atoms with Crippen molar-refractivity contribution in [3.05, 3.63) is 16.0 Å². The van der Waals surface area contributed by atoms with E-state index in [0.29, 0.717) is 36.7 Å². The number of hydrogen-bond acceptors (Lipinski definition) is 8. The van der Waals surface area contributed by atoms with Crippen LogP contribution in [0.2, 0.25) is 0 Å². The zero-order valence-corrected chi connectivity index (χ0v) is 24.0. The second-order valence-electron chi connectivity index (χ2n) is 10.8. The van der Waals surface area contributed by atoms with Gasteiger partial charge in [-0.2, -0.15) is 0 Å². The van der Waals surface area contributed by atoms with Crippen LogP contribution in [0.5, 0.6) is 0 Å². The van der Waals surface area contributed by atoms with Gasteiger partial charge in [0.1, 0.15) is 5.60 Å². The molecule has 0 spiro atoms. The summed E-state index contributed by atoms with van der Waals surface area (Å²) in [6.45, 7) is 16.0. The zero-order chi connectivity index (χ0) is 26.5. The topological polar surface area (TPSA) is 80.3 Å². The molecule has 3 rings (SSSR count). The molecule has 2 heterocycles. The number of nitrogens with one attached hydrogen (secondary N) is 1. The Morgan fingerprint density at radius 3 is 2.36 bits per heavy atom. The molecule has 36 heavy (non-hydrogen) atoms. The lowest BCUT2D eigenvalue weighted by Gasteiger charge is -2.47. The molecule has 1 aromatic heterocycles. The van der Waals surface area contributed by atoms with E-state index in [0.717, 1.165) is 54.5 Å². The Labute approximate surface area is 220 Å². The number of esters is 1. The van der Waals surface area contributed by atoms with Gasteiger partial charge in [-0.1, -0.05) is 0 Å². The van der Waals surface area contributed by atoms with Gasteiger partial charge in [0.15, 0.2) is 0 Å². The van der Waals surface area contributed by atoms with Crippen LogP contribution < -0.4 is 10.2 Å². The fraction of sp³-hybridized carbons (Fsp3) is 0.778. The first-order valence-corrected chi connectivity index (χ1v) is 14.2. The third-order valence-electron chi connectivity index (χ3n) is 7.11. The minimum atomic E-state index is -0.546. The maximum atomic E-state index is 12.7. The Bertz CT molecular complexity index is 883. The van der Waals surface area contributed by atoms with Crippen LogP contribution in [-0.4, -0.2) is 80.6 Å². The van der Waals surface area contributed by atoms with Crippen LogP contribution in [0.1, 0.15) is 81.1 Å². The average Bonchev–Trinajstić information content (AvgIpc) is 3.11. The number of rotatable bonds is 10. The highest BCUT2D eigenvalue weighted by molar-refractivity contribution is 7.16.